The molecule has 0 saturated carbocycles. The fraction of sp³-hybridized carbons (Fsp3) is 0.688. The summed E-state index contributed by atoms with van der Waals surface area (Å²) in [6, 6.07) is 2.06. The van der Waals surface area contributed by atoms with Crippen molar-refractivity contribution in [3.05, 3.63) is 23.6 Å². The van der Waals surface area contributed by atoms with Gasteiger partial charge in [-0.25, -0.2) is 9.37 Å². The molecular formula is C16H27FN4. The van der Waals surface area contributed by atoms with Gasteiger partial charge in [0.2, 0.25) is 0 Å². The van der Waals surface area contributed by atoms with Crippen molar-refractivity contribution in [3.63, 3.8) is 0 Å². The van der Waals surface area contributed by atoms with Gasteiger partial charge in [-0.05, 0) is 45.5 Å². The Kier molecular flexibility index (Phi) is 5.94. The molecule has 1 unspecified atom stereocenters. The Bertz CT molecular complexity index is 452. The first-order valence-corrected chi connectivity index (χ1v) is 7.88. The number of rotatable bonds is 6. The van der Waals surface area contributed by atoms with E-state index in [9.17, 15) is 4.39 Å². The molecule has 118 valence electrons. The van der Waals surface area contributed by atoms with E-state index in [4.69, 9.17) is 0 Å². The third-order valence-electron chi connectivity index (χ3n) is 4.13. The van der Waals surface area contributed by atoms with Crippen molar-refractivity contribution in [2.75, 3.05) is 38.6 Å². The Morgan fingerprint density at radius 3 is 3.05 bits per heavy atom. The molecule has 1 fully saturated rings. The molecule has 1 saturated heterocycles. The summed E-state index contributed by atoms with van der Waals surface area (Å²) < 4.78 is 13.5. The van der Waals surface area contributed by atoms with Crippen LogP contribution in [0.4, 0.5) is 10.2 Å². The average molecular weight is 294 g/mol. The summed E-state index contributed by atoms with van der Waals surface area (Å²) in [5, 5.41) is 3.34. The maximum atomic E-state index is 13.5. The summed E-state index contributed by atoms with van der Waals surface area (Å²) in [6.07, 6.45) is 4.76. The molecule has 21 heavy (non-hydrogen) atoms. The van der Waals surface area contributed by atoms with Crippen LogP contribution in [-0.4, -0.2) is 49.7 Å². The van der Waals surface area contributed by atoms with E-state index in [1.54, 1.807) is 6.07 Å². The molecule has 0 aromatic carbocycles. The minimum absolute atomic E-state index is 0.263. The van der Waals surface area contributed by atoms with Gasteiger partial charge in [0.1, 0.15) is 11.6 Å². The van der Waals surface area contributed by atoms with E-state index in [0.29, 0.717) is 12.6 Å². The number of anilines is 1. The zero-order chi connectivity index (χ0) is 15.2. The predicted molar refractivity (Wildman–Crippen MR) is 85.1 cm³/mol. The number of hydrogen-bond donors (Lipinski definition) is 1. The highest BCUT2D eigenvalue weighted by atomic mass is 19.1. The van der Waals surface area contributed by atoms with Gasteiger partial charge in [0.05, 0.1) is 6.20 Å². The molecule has 0 spiro atoms. The van der Waals surface area contributed by atoms with Crippen molar-refractivity contribution in [2.24, 2.45) is 0 Å². The van der Waals surface area contributed by atoms with Gasteiger partial charge in [-0.15, -0.1) is 0 Å². The molecule has 0 radical (unpaired) electrons. The van der Waals surface area contributed by atoms with E-state index < -0.39 is 0 Å². The second-order valence-electron chi connectivity index (χ2n) is 5.98. The molecule has 0 bridgehead atoms. The van der Waals surface area contributed by atoms with E-state index >= 15 is 0 Å². The summed E-state index contributed by atoms with van der Waals surface area (Å²) in [4.78, 5) is 8.92. The number of halogens is 1. The zero-order valence-corrected chi connectivity index (χ0v) is 13.4. The van der Waals surface area contributed by atoms with E-state index in [2.05, 4.69) is 41.1 Å². The van der Waals surface area contributed by atoms with Crippen LogP contribution < -0.4 is 10.2 Å². The van der Waals surface area contributed by atoms with Crippen LogP contribution in [-0.2, 0) is 6.54 Å². The second-order valence-corrected chi connectivity index (χ2v) is 5.98. The number of likely N-dealkylation sites (N-methyl/N-ethyl adjacent to an activating group) is 2. The van der Waals surface area contributed by atoms with Gasteiger partial charge in [-0.3, -0.25) is 0 Å². The SMILES string of the molecule is CCCNCc1cc(F)cnc1N(C)C1CCCN(C)C1. The number of aromatic nitrogens is 1. The van der Waals surface area contributed by atoms with Gasteiger partial charge < -0.3 is 15.1 Å². The number of piperidine rings is 1. The fourth-order valence-electron chi connectivity index (χ4n) is 2.95. The molecule has 2 heterocycles. The Morgan fingerprint density at radius 2 is 2.33 bits per heavy atom. The molecule has 0 aliphatic carbocycles. The largest absolute Gasteiger partial charge is 0.355 e. The van der Waals surface area contributed by atoms with Crippen LogP contribution >= 0.6 is 0 Å². The van der Waals surface area contributed by atoms with Crippen LogP contribution in [0.3, 0.4) is 0 Å². The third-order valence-corrected chi connectivity index (χ3v) is 4.13. The molecule has 1 N–H and O–H groups in total. The van der Waals surface area contributed by atoms with Gasteiger partial charge >= 0.3 is 0 Å². The number of nitrogens with one attached hydrogen (secondary N) is 1. The van der Waals surface area contributed by atoms with Crippen LogP contribution in [0.1, 0.15) is 31.7 Å². The Balaban J connectivity index is 2.12. The summed E-state index contributed by atoms with van der Waals surface area (Å²) in [5.41, 5.74) is 0.944. The van der Waals surface area contributed by atoms with Crippen molar-refractivity contribution in [1.82, 2.24) is 15.2 Å². The van der Waals surface area contributed by atoms with Crippen molar-refractivity contribution >= 4 is 5.82 Å². The van der Waals surface area contributed by atoms with Crippen LogP contribution in [0.5, 0.6) is 0 Å². The normalized spacial score (nSPS) is 19.7. The molecule has 1 aliphatic heterocycles. The fourth-order valence-corrected chi connectivity index (χ4v) is 2.95. The summed E-state index contributed by atoms with van der Waals surface area (Å²) >= 11 is 0. The molecular weight excluding hydrogens is 267 g/mol. The van der Waals surface area contributed by atoms with Crippen molar-refractivity contribution in [2.45, 2.75) is 38.8 Å². The first-order valence-electron chi connectivity index (χ1n) is 7.88. The first kappa shape index (κ1) is 16.2. The number of nitrogens with zero attached hydrogens (tertiary/aromatic N) is 3. The highest BCUT2D eigenvalue weighted by Crippen LogP contribution is 2.23. The van der Waals surface area contributed by atoms with Gasteiger partial charge in [0, 0.05) is 31.7 Å². The molecule has 4 nitrogen and oxygen atoms in total. The Labute approximate surface area is 127 Å². The summed E-state index contributed by atoms with van der Waals surface area (Å²) in [5.74, 6) is 0.640. The van der Waals surface area contributed by atoms with Crippen molar-refractivity contribution < 1.29 is 4.39 Å². The van der Waals surface area contributed by atoms with E-state index in [1.165, 1.54) is 19.0 Å². The highest BCUT2D eigenvalue weighted by Gasteiger charge is 2.23. The maximum Gasteiger partial charge on any atom is 0.141 e. The molecule has 1 aliphatic rings. The van der Waals surface area contributed by atoms with Crippen LogP contribution in [0, 0.1) is 5.82 Å². The number of likely N-dealkylation sites (tertiary alicyclic amines) is 1. The number of pyridine rings is 1. The van der Waals surface area contributed by atoms with Crippen molar-refractivity contribution in [1.29, 1.82) is 0 Å². The molecule has 5 heteroatoms. The number of hydrogen-bond acceptors (Lipinski definition) is 4. The van der Waals surface area contributed by atoms with Crippen LogP contribution in [0.15, 0.2) is 12.3 Å². The van der Waals surface area contributed by atoms with Crippen LogP contribution in [0.2, 0.25) is 0 Å². The van der Waals surface area contributed by atoms with Crippen molar-refractivity contribution in [3.8, 4) is 0 Å². The topological polar surface area (TPSA) is 31.4 Å². The van der Waals surface area contributed by atoms with Crippen LogP contribution in [0.25, 0.3) is 0 Å². The minimum atomic E-state index is -0.263. The van der Waals surface area contributed by atoms with E-state index in [0.717, 1.165) is 37.4 Å². The molecule has 1 aromatic rings. The second kappa shape index (κ2) is 7.71. The van der Waals surface area contributed by atoms with Gasteiger partial charge in [-0.2, -0.15) is 0 Å². The Hall–Kier alpha value is -1.20. The molecule has 0 amide bonds. The van der Waals surface area contributed by atoms with Gasteiger partial charge in [0.15, 0.2) is 0 Å². The summed E-state index contributed by atoms with van der Waals surface area (Å²) in [7, 11) is 4.23. The lowest BCUT2D eigenvalue weighted by Crippen LogP contribution is -2.45. The molecule has 2 rings (SSSR count). The Morgan fingerprint density at radius 1 is 1.52 bits per heavy atom. The monoisotopic (exact) mass is 294 g/mol. The average Bonchev–Trinajstić information content (AvgIpc) is 2.47. The lowest BCUT2D eigenvalue weighted by molar-refractivity contribution is 0.247. The van der Waals surface area contributed by atoms with E-state index in [-0.39, 0.29) is 5.82 Å². The molecule has 1 atom stereocenters. The first-order chi connectivity index (χ1) is 10.1. The smallest absolute Gasteiger partial charge is 0.141 e. The van der Waals surface area contributed by atoms with Gasteiger partial charge in [-0.1, -0.05) is 6.92 Å². The zero-order valence-electron chi connectivity index (χ0n) is 13.4. The molecule has 1 aromatic heterocycles. The predicted octanol–water partition coefficient (Wildman–Crippen LogP) is 2.25. The lowest BCUT2D eigenvalue weighted by Gasteiger charge is -2.37. The van der Waals surface area contributed by atoms with E-state index in [1.807, 2.05) is 0 Å². The third kappa shape index (κ3) is 4.38. The summed E-state index contributed by atoms with van der Waals surface area (Å²) in [6.45, 7) is 5.93. The quantitative estimate of drug-likeness (QED) is 0.816. The standard InChI is InChI=1S/C16H27FN4/c1-4-7-18-10-13-9-14(17)11-19-16(13)21(3)15-6-5-8-20(2)12-15/h9,11,15,18H,4-8,10,12H2,1-3H3. The maximum absolute atomic E-state index is 13.5. The van der Waals surface area contributed by atoms with Gasteiger partial charge in [0.25, 0.3) is 0 Å². The highest BCUT2D eigenvalue weighted by molar-refractivity contribution is 5.47. The minimum Gasteiger partial charge on any atom is -0.355 e. The lowest BCUT2D eigenvalue weighted by atomic mass is 10.0.